The maximum absolute atomic E-state index is 12.6. The zero-order valence-corrected chi connectivity index (χ0v) is 13.7. The highest BCUT2D eigenvalue weighted by Gasteiger charge is 2.18. The van der Waals surface area contributed by atoms with Gasteiger partial charge in [-0.3, -0.25) is 19.3 Å². The molecular formula is C16H13ClN4O3. The minimum atomic E-state index is -0.547. The summed E-state index contributed by atoms with van der Waals surface area (Å²) in [5.41, 5.74) is 2.84. The smallest absolute Gasteiger partial charge is 0.274 e. The van der Waals surface area contributed by atoms with Crippen molar-refractivity contribution in [1.82, 2.24) is 9.38 Å². The molecule has 0 spiro atoms. The van der Waals surface area contributed by atoms with E-state index in [0.29, 0.717) is 22.7 Å². The van der Waals surface area contributed by atoms with Crippen molar-refractivity contribution >= 4 is 34.5 Å². The van der Waals surface area contributed by atoms with Gasteiger partial charge in [0.2, 0.25) is 0 Å². The molecule has 0 aliphatic carbocycles. The highest BCUT2D eigenvalue weighted by Crippen LogP contribution is 2.27. The third-order valence-corrected chi connectivity index (χ3v) is 3.90. The summed E-state index contributed by atoms with van der Waals surface area (Å²) in [7, 11) is 0. The molecule has 1 amide bonds. The van der Waals surface area contributed by atoms with Crippen molar-refractivity contribution in [1.29, 1.82) is 0 Å². The fraction of sp³-hybridized carbons (Fsp3) is 0.125. The number of hydrogen-bond donors (Lipinski definition) is 1. The molecule has 0 saturated heterocycles. The van der Waals surface area contributed by atoms with Gasteiger partial charge in [0.05, 0.1) is 21.3 Å². The van der Waals surface area contributed by atoms with Crippen LogP contribution in [0.2, 0.25) is 5.02 Å². The summed E-state index contributed by atoms with van der Waals surface area (Å²) in [6, 6.07) is 7.64. The molecule has 8 heteroatoms. The lowest BCUT2D eigenvalue weighted by Crippen LogP contribution is -2.16. The monoisotopic (exact) mass is 344 g/mol. The normalized spacial score (nSPS) is 10.8. The zero-order valence-electron chi connectivity index (χ0n) is 12.9. The molecule has 2 heterocycles. The number of carbonyl (C=O) groups excluding carboxylic acids is 1. The summed E-state index contributed by atoms with van der Waals surface area (Å²) in [4.78, 5) is 27.2. The number of nitrogens with one attached hydrogen (secondary N) is 1. The quantitative estimate of drug-likeness (QED) is 0.578. The van der Waals surface area contributed by atoms with Gasteiger partial charge >= 0.3 is 0 Å². The summed E-state index contributed by atoms with van der Waals surface area (Å²) in [6.07, 6.45) is 1.77. The number of benzene rings is 1. The number of fused-ring (bicyclic) bond motifs is 1. The number of nitro benzene ring substituents is 1. The number of nitrogens with zero attached hydrogens (tertiary/aromatic N) is 3. The maximum atomic E-state index is 12.6. The standard InChI is InChI=1S/C16H13ClN4O3/c1-9-5-6-20-14(7-9)18-10(2)15(20)16(22)19-13-4-3-11(21(23)24)8-12(13)17/h3-8H,1-2H3,(H,19,22). The van der Waals surface area contributed by atoms with E-state index in [1.165, 1.54) is 18.2 Å². The second kappa shape index (κ2) is 5.93. The molecule has 24 heavy (non-hydrogen) atoms. The number of non-ortho nitro benzene ring substituents is 1. The van der Waals surface area contributed by atoms with Crippen LogP contribution in [0.1, 0.15) is 21.7 Å². The number of rotatable bonds is 3. The number of halogens is 1. The third-order valence-electron chi connectivity index (χ3n) is 3.58. The summed E-state index contributed by atoms with van der Waals surface area (Å²) in [6.45, 7) is 3.69. The van der Waals surface area contributed by atoms with Gasteiger partial charge in [0.25, 0.3) is 11.6 Å². The lowest BCUT2D eigenvalue weighted by atomic mass is 10.2. The Labute approximate surface area is 142 Å². The molecule has 3 aromatic rings. The molecule has 0 fully saturated rings. The molecule has 3 rings (SSSR count). The first-order valence-corrected chi connectivity index (χ1v) is 7.45. The van der Waals surface area contributed by atoms with E-state index < -0.39 is 4.92 Å². The summed E-state index contributed by atoms with van der Waals surface area (Å²) < 4.78 is 1.69. The van der Waals surface area contributed by atoms with Gasteiger partial charge in [0.1, 0.15) is 11.3 Å². The van der Waals surface area contributed by atoms with Gasteiger partial charge in [-0.15, -0.1) is 0 Å². The number of carbonyl (C=O) groups is 1. The fourth-order valence-electron chi connectivity index (χ4n) is 2.44. The van der Waals surface area contributed by atoms with Gasteiger partial charge in [-0.2, -0.15) is 0 Å². The molecule has 2 aromatic heterocycles. The van der Waals surface area contributed by atoms with Crippen LogP contribution in [0.4, 0.5) is 11.4 Å². The second-order valence-corrected chi connectivity index (χ2v) is 5.76. The van der Waals surface area contributed by atoms with E-state index >= 15 is 0 Å². The molecule has 122 valence electrons. The Kier molecular flexibility index (Phi) is 3.94. The minimum absolute atomic E-state index is 0.0971. The highest BCUT2D eigenvalue weighted by molar-refractivity contribution is 6.34. The van der Waals surface area contributed by atoms with Gasteiger partial charge < -0.3 is 5.32 Å². The number of amides is 1. The molecule has 0 aliphatic heterocycles. The first-order chi connectivity index (χ1) is 11.4. The van der Waals surface area contributed by atoms with Crippen LogP contribution < -0.4 is 5.32 Å². The zero-order chi connectivity index (χ0) is 17.4. The Hall–Kier alpha value is -2.93. The Morgan fingerprint density at radius 1 is 1.29 bits per heavy atom. The molecule has 0 radical (unpaired) electrons. The molecule has 0 aliphatic rings. The second-order valence-electron chi connectivity index (χ2n) is 5.35. The number of aryl methyl sites for hydroxylation is 2. The molecule has 0 saturated carbocycles. The molecule has 7 nitrogen and oxygen atoms in total. The van der Waals surface area contributed by atoms with Crippen molar-refractivity contribution in [2.45, 2.75) is 13.8 Å². The molecular weight excluding hydrogens is 332 g/mol. The summed E-state index contributed by atoms with van der Waals surface area (Å²) >= 11 is 6.02. The number of aromatic nitrogens is 2. The molecule has 0 bridgehead atoms. The van der Waals surface area contributed by atoms with Crippen LogP contribution in [0.3, 0.4) is 0 Å². The van der Waals surface area contributed by atoms with Crippen molar-refractivity contribution < 1.29 is 9.72 Å². The molecule has 1 N–H and O–H groups in total. The Bertz CT molecular complexity index is 981. The number of anilines is 1. The number of hydrogen-bond acceptors (Lipinski definition) is 4. The van der Waals surface area contributed by atoms with Gasteiger partial charge in [0, 0.05) is 18.3 Å². The largest absolute Gasteiger partial charge is 0.319 e. The van der Waals surface area contributed by atoms with Crippen LogP contribution in [-0.4, -0.2) is 20.2 Å². The topological polar surface area (TPSA) is 89.5 Å². The van der Waals surface area contributed by atoms with E-state index in [-0.39, 0.29) is 16.6 Å². The third kappa shape index (κ3) is 2.81. The van der Waals surface area contributed by atoms with Gasteiger partial charge in [-0.25, -0.2) is 4.98 Å². The first kappa shape index (κ1) is 15.9. The molecule has 1 aromatic carbocycles. The minimum Gasteiger partial charge on any atom is -0.319 e. The van der Waals surface area contributed by atoms with Crippen molar-refractivity contribution in [3.63, 3.8) is 0 Å². The van der Waals surface area contributed by atoms with Crippen LogP contribution in [0.5, 0.6) is 0 Å². The van der Waals surface area contributed by atoms with Crippen LogP contribution in [-0.2, 0) is 0 Å². The van der Waals surface area contributed by atoms with Crippen molar-refractivity contribution in [3.8, 4) is 0 Å². The number of nitro groups is 1. The van der Waals surface area contributed by atoms with E-state index in [1.807, 2.05) is 19.1 Å². The lowest BCUT2D eigenvalue weighted by molar-refractivity contribution is -0.384. The van der Waals surface area contributed by atoms with E-state index in [4.69, 9.17) is 11.6 Å². The average molecular weight is 345 g/mol. The van der Waals surface area contributed by atoms with Crippen molar-refractivity contribution in [2.24, 2.45) is 0 Å². The van der Waals surface area contributed by atoms with Crippen LogP contribution >= 0.6 is 11.6 Å². The van der Waals surface area contributed by atoms with Crippen LogP contribution in [0.15, 0.2) is 36.5 Å². The number of imidazole rings is 1. The Balaban J connectivity index is 1.96. The van der Waals surface area contributed by atoms with Crippen LogP contribution in [0.25, 0.3) is 5.65 Å². The van der Waals surface area contributed by atoms with E-state index in [0.717, 1.165) is 5.56 Å². The van der Waals surface area contributed by atoms with Gasteiger partial charge in [-0.05, 0) is 37.6 Å². The predicted octanol–water partition coefficient (Wildman–Crippen LogP) is 3.77. The highest BCUT2D eigenvalue weighted by atomic mass is 35.5. The lowest BCUT2D eigenvalue weighted by Gasteiger charge is -2.08. The van der Waals surface area contributed by atoms with E-state index in [2.05, 4.69) is 10.3 Å². The first-order valence-electron chi connectivity index (χ1n) is 7.07. The molecule has 0 unspecified atom stereocenters. The predicted molar refractivity (Wildman–Crippen MR) is 90.7 cm³/mol. The maximum Gasteiger partial charge on any atom is 0.274 e. The van der Waals surface area contributed by atoms with Crippen molar-refractivity contribution in [2.75, 3.05) is 5.32 Å². The average Bonchev–Trinajstić information content (AvgIpc) is 2.83. The van der Waals surface area contributed by atoms with E-state index in [9.17, 15) is 14.9 Å². The molecule has 0 atom stereocenters. The summed E-state index contributed by atoms with van der Waals surface area (Å²) in [5, 5.41) is 13.5. The van der Waals surface area contributed by atoms with Gasteiger partial charge in [-0.1, -0.05) is 11.6 Å². The van der Waals surface area contributed by atoms with Crippen molar-refractivity contribution in [3.05, 3.63) is 68.6 Å². The Morgan fingerprint density at radius 2 is 2.04 bits per heavy atom. The van der Waals surface area contributed by atoms with E-state index in [1.54, 1.807) is 17.5 Å². The SMILES string of the molecule is Cc1ccn2c(C(=O)Nc3ccc([N+](=O)[O-])cc3Cl)c(C)nc2c1. The van der Waals surface area contributed by atoms with Gasteiger partial charge in [0.15, 0.2) is 0 Å². The van der Waals surface area contributed by atoms with Crippen LogP contribution in [0, 0.1) is 24.0 Å². The Morgan fingerprint density at radius 3 is 2.71 bits per heavy atom. The summed E-state index contributed by atoms with van der Waals surface area (Å²) in [5.74, 6) is -0.389. The fourth-order valence-corrected chi connectivity index (χ4v) is 2.66. The number of pyridine rings is 1.